The van der Waals surface area contributed by atoms with Crippen LogP contribution in [0.5, 0.6) is 0 Å². The molecule has 1 N–H and O–H groups in total. The molecule has 0 bridgehead atoms. The Balaban J connectivity index is 1.74. The third kappa shape index (κ3) is 6.43. The second-order valence-corrected chi connectivity index (χ2v) is 5.96. The normalized spacial score (nSPS) is 10.6. The molecule has 0 spiro atoms. The van der Waals surface area contributed by atoms with Crippen LogP contribution in [0, 0.1) is 5.82 Å². The standard InChI is InChI=1S/C19H18FNO3S/c1-25-16-9-6-14(7-10-16)8-11-19(23)24-13-18(22)21-12-15-4-2-3-5-17(15)20/h2-11H,12-13H2,1H3,(H,21,22)/b11-8+. The zero-order valence-electron chi connectivity index (χ0n) is 13.7. The van der Waals surface area contributed by atoms with Gasteiger partial charge in [0.1, 0.15) is 5.82 Å². The van der Waals surface area contributed by atoms with Crippen LogP contribution in [0.1, 0.15) is 11.1 Å². The van der Waals surface area contributed by atoms with E-state index in [0.717, 1.165) is 10.5 Å². The quantitative estimate of drug-likeness (QED) is 0.468. The lowest BCUT2D eigenvalue weighted by atomic mass is 10.2. The lowest BCUT2D eigenvalue weighted by molar-refractivity contribution is -0.143. The molecule has 0 aliphatic heterocycles. The van der Waals surface area contributed by atoms with E-state index in [9.17, 15) is 14.0 Å². The molecular formula is C19H18FNO3S. The summed E-state index contributed by atoms with van der Waals surface area (Å²) in [4.78, 5) is 24.4. The van der Waals surface area contributed by atoms with Crippen molar-refractivity contribution in [3.8, 4) is 0 Å². The first-order valence-corrected chi connectivity index (χ1v) is 8.80. The van der Waals surface area contributed by atoms with Crippen LogP contribution in [0.2, 0.25) is 0 Å². The maximum atomic E-state index is 13.4. The van der Waals surface area contributed by atoms with Gasteiger partial charge < -0.3 is 10.1 Å². The Kier molecular flexibility index (Phi) is 7.22. The van der Waals surface area contributed by atoms with E-state index in [1.165, 1.54) is 12.1 Å². The molecule has 0 aliphatic carbocycles. The number of hydrogen-bond acceptors (Lipinski definition) is 4. The Hall–Kier alpha value is -2.60. The smallest absolute Gasteiger partial charge is 0.331 e. The number of benzene rings is 2. The van der Waals surface area contributed by atoms with E-state index >= 15 is 0 Å². The molecule has 4 nitrogen and oxygen atoms in total. The minimum Gasteiger partial charge on any atom is -0.452 e. The average Bonchev–Trinajstić information content (AvgIpc) is 2.64. The zero-order valence-corrected chi connectivity index (χ0v) is 14.5. The van der Waals surface area contributed by atoms with Gasteiger partial charge in [0.25, 0.3) is 5.91 Å². The van der Waals surface area contributed by atoms with Crippen molar-refractivity contribution in [1.29, 1.82) is 0 Å². The number of thioether (sulfide) groups is 1. The van der Waals surface area contributed by atoms with Crippen molar-refractivity contribution >= 4 is 29.7 Å². The van der Waals surface area contributed by atoms with Gasteiger partial charge in [-0.15, -0.1) is 11.8 Å². The summed E-state index contributed by atoms with van der Waals surface area (Å²) >= 11 is 1.63. The average molecular weight is 359 g/mol. The van der Waals surface area contributed by atoms with E-state index in [4.69, 9.17) is 4.74 Å². The number of carbonyl (C=O) groups excluding carboxylic acids is 2. The van der Waals surface area contributed by atoms with Crippen LogP contribution in [0.15, 0.2) is 59.5 Å². The van der Waals surface area contributed by atoms with Gasteiger partial charge in [-0.05, 0) is 36.1 Å². The number of amides is 1. The molecule has 0 aromatic heterocycles. The van der Waals surface area contributed by atoms with Crippen LogP contribution >= 0.6 is 11.8 Å². The molecule has 2 rings (SSSR count). The van der Waals surface area contributed by atoms with Crippen molar-refractivity contribution in [2.75, 3.05) is 12.9 Å². The molecule has 6 heteroatoms. The lowest BCUT2D eigenvalue weighted by Crippen LogP contribution is -2.28. The summed E-state index contributed by atoms with van der Waals surface area (Å²) in [6.07, 6.45) is 4.86. The molecule has 25 heavy (non-hydrogen) atoms. The van der Waals surface area contributed by atoms with Gasteiger partial charge in [0.2, 0.25) is 0 Å². The number of ether oxygens (including phenoxy) is 1. The zero-order chi connectivity index (χ0) is 18.1. The molecule has 0 unspecified atom stereocenters. The van der Waals surface area contributed by atoms with E-state index in [-0.39, 0.29) is 6.54 Å². The molecule has 0 heterocycles. The fourth-order valence-electron chi connectivity index (χ4n) is 1.95. The monoisotopic (exact) mass is 359 g/mol. The van der Waals surface area contributed by atoms with Crippen molar-refractivity contribution in [2.24, 2.45) is 0 Å². The summed E-state index contributed by atoms with van der Waals surface area (Å²) in [5.74, 6) is -1.50. The highest BCUT2D eigenvalue weighted by molar-refractivity contribution is 7.98. The Morgan fingerprint density at radius 2 is 1.88 bits per heavy atom. The topological polar surface area (TPSA) is 55.4 Å². The SMILES string of the molecule is CSc1ccc(/C=C/C(=O)OCC(=O)NCc2ccccc2F)cc1. The fourth-order valence-corrected chi connectivity index (χ4v) is 2.36. The van der Waals surface area contributed by atoms with Crippen LogP contribution < -0.4 is 5.32 Å². The van der Waals surface area contributed by atoms with Crippen molar-refractivity contribution in [1.82, 2.24) is 5.32 Å². The maximum Gasteiger partial charge on any atom is 0.331 e. The Morgan fingerprint density at radius 3 is 2.56 bits per heavy atom. The highest BCUT2D eigenvalue weighted by atomic mass is 32.2. The highest BCUT2D eigenvalue weighted by Crippen LogP contribution is 2.15. The maximum absolute atomic E-state index is 13.4. The van der Waals surface area contributed by atoms with Gasteiger partial charge in [0, 0.05) is 23.1 Å². The van der Waals surface area contributed by atoms with Crippen molar-refractivity contribution in [3.05, 3.63) is 71.6 Å². The first-order valence-electron chi connectivity index (χ1n) is 7.57. The Bertz CT molecular complexity index is 760. The van der Waals surface area contributed by atoms with Gasteiger partial charge in [-0.2, -0.15) is 0 Å². The van der Waals surface area contributed by atoms with Crippen LogP contribution in [-0.4, -0.2) is 24.7 Å². The fraction of sp³-hybridized carbons (Fsp3) is 0.158. The number of hydrogen-bond donors (Lipinski definition) is 1. The summed E-state index contributed by atoms with van der Waals surface area (Å²) in [6, 6.07) is 13.8. The first-order chi connectivity index (χ1) is 12.1. The van der Waals surface area contributed by atoms with Crippen LogP contribution in [0.25, 0.3) is 6.08 Å². The first kappa shape index (κ1) is 18.7. The van der Waals surface area contributed by atoms with Gasteiger partial charge in [-0.25, -0.2) is 9.18 Å². The third-order valence-electron chi connectivity index (χ3n) is 3.31. The second kappa shape index (κ2) is 9.64. The summed E-state index contributed by atoms with van der Waals surface area (Å²) < 4.78 is 18.3. The van der Waals surface area contributed by atoms with Gasteiger partial charge in [0.15, 0.2) is 6.61 Å². The minimum atomic E-state index is -0.616. The van der Waals surface area contributed by atoms with E-state index < -0.39 is 24.3 Å². The second-order valence-electron chi connectivity index (χ2n) is 5.08. The predicted octanol–water partition coefficient (Wildman–Crippen LogP) is 3.42. The molecular weight excluding hydrogens is 341 g/mol. The minimum absolute atomic E-state index is 0.0423. The van der Waals surface area contributed by atoms with Crippen molar-refractivity contribution in [3.63, 3.8) is 0 Å². The molecule has 0 saturated carbocycles. The molecule has 0 fully saturated rings. The highest BCUT2D eigenvalue weighted by Gasteiger charge is 2.06. The molecule has 0 atom stereocenters. The van der Waals surface area contributed by atoms with E-state index in [1.807, 2.05) is 30.5 Å². The summed E-state index contributed by atoms with van der Waals surface area (Å²) in [6.45, 7) is -0.371. The van der Waals surface area contributed by atoms with Crippen LogP contribution in [0.4, 0.5) is 4.39 Å². The van der Waals surface area contributed by atoms with Gasteiger partial charge >= 0.3 is 5.97 Å². The summed E-state index contributed by atoms with van der Waals surface area (Å²) in [7, 11) is 0. The number of nitrogens with one attached hydrogen (secondary N) is 1. The van der Waals surface area contributed by atoms with Gasteiger partial charge in [-0.1, -0.05) is 30.3 Å². The summed E-state index contributed by atoms with van der Waals surface area (Å²) in [5, 5.41) is 2.50. The molecule has 0 aliphatic rings. The molecule has 2 aromatic carbocycles. The van der Waals surface area contributed by atoms with Crippen LogP contribution in [-0.2, 0) is 20.9 Å². The largest absolute Gasteiger partial charge is 0.452 e. The van der Waals surface area contributed by atoms with Gasteiger partial charge in [-0.3, -0.25) is 4.79 Å². The number of halogens is 1. The van der Waals surface area contributed by atoms with Crippen molar-refractivity contribution in [2.45, 2.75) is 11.4 Å². The summed E-state index contributed by atoms with van der Waals surface area (Å²) in [5.41, 5.74) is 1.23. The molecule has 130 valence electrons. The van der Waals surface area contributed by atoms with Crippen LogP contribution in [0.3, 0.4) is 0 Å². The predicted molar refractivity (Wildman–Crippen MR) is 96.5 cm³/mol. The molecule has 1 amide bonds. The van der Waals surface area contributed by atoms with E-state index in [0.29, 0.717) is 5.56 Å². The molecule has 0 radical (unpaired) electrons. The van der Waals surface area contributed by atoms with Gasteiger partial charge in [0.05, 0.1) is 0 Å². The molecule has 2 aromatic rings. The van der Waals surface area contributed by atoms with E-state index in [1.54, 1.807) is 36.0 Å². The number of carbonyl (C=O) groups is 2. The van der Waals surface area contributed by atoms with E-state index in [2.05, 4.69) is 5.32 Å². The Labute approximate surface area is 150 Å². The number of esters is 1. The Morgan fingerprint density at radius 1 is 1.16 bits per heavy atom. The third-order valence-corrected chi connectivity index (χ3v) is 4.05. The lowest BCUT2D eigenvalue weighted by Gasteiger charge is -2.06. The van der Waals surface area contributed by atoms with Crippen molar-refractivity contribution < 1.29 is 18.7 Å². The molecule has 0 saturated heterocycles. The number of rotatable bonds is 7.